The predicted molar refractivity (Wildman–Crippen MR) is 97.9 cm³/mol. The van der Waals surface area contributed by atoms with Crippen LogP contribution in [-0.4, -0.2) is 69.3 Å². The second-order valence-electron chi connectivity index (χ2n) is 7.04. The first-order chi connectivity index (χ1) is 13.2. The second-order valence-corrected chi connectivity index (χ2v) is 7.04. The molecule has 3 aliphatic rings. The van der Waals surface area contributed by atoms with Crippen molar-refractivity contribution >= 4 is 17.5 Å². The van der Waals surface area contributed by atoms with Gasteiger partial charge in [-0.3, -0.25) is 14.5 Å². The molecule has 1 aromatic rings. The molecule has 4 rings (SSSR count). The fraction of sp³-hybridized carbons (Fsp3) is 0.579. The maximum Gasteiger partial charge on any atom is 0.228 e. The predicted octanol–water partition coefficient (Wildman–Crippen LogP) is 0.481. The lowest BCUT2D eigenvalue weighted by Gasteiger charge is -2.26. The first-order valence-corrected chi connectivity index (χ1v) is 9.49. The molecule has 0 bridgehead atoms. The van der Waals surface area contributed by atoms with Gasteiger partial charge in [0.05, 0.1) is 25.0 Å². The van der Waals surface area contributed by atoms with Crippen LogP contribution in [0.4, 0.5) is 5.69 Å². The van der Waals surface area contributed by atoms with E-state index in [0.29, 0.717) is 43.4 Å². The summed E-state index contributed by atoms with van der Waals surface area (Å²) in [5.41, 5.74) is 0.655. The molecule has 146 valence electrons. The molecule has 2 N–H and O–H groups in total. The minimum absolute atomic E-state index is 0.0365. The summed E-state index contributed by atoms with van der Waals surface area (Å²) in [5.74, 6) is 0.662. The van der Waals surface area contributed by atoms with Crippen LogP contribution in [0.15, 0.2) is 18.2 Å². The van der Waals surface area contributed by atoms with Crippen molar-refractivity contribution in [2.75, 3.05) is 57.9 Å². The van der Waals surface area contributed by atoms with Crippen LogP contribution in [0, 0.1) is 11.8 Å². The molecule has 2 heterocycles. The van der Waals surface area contributed by atoms with Gasteiger partial charge in [-0.1, -0.05) is 0 Å². The van der Waals surface area contributed by atoms with Crippen molar-refractivity contribution in [3.63, 3.8) is 0 Å². The topological polar surface area (TPSA) is 89.1 Å². The number of carbonyl (C=O) groups is 2. The first-order valence-electron chi connectivity index (χ1n) is 9.49. The van der Waals surface area contributed by atoms with Crippen LogP contribution in [0.1, 0.15) is 6.42 Å². The van der Waals surface area contributed by atoms with Gasteiger partial charge in [0.2, 0.25) is 11.8 Å². The number of hydrogen-bond acceptors (Lipinski definition) is 6. The summed E-state index contributed by atoms with van der Waals surface area (Å²) >= 11 is 0. The maximum absolute atomic E-state index is 12.4. The Labute approximate surface area is 158 Å². The van der Waals surface area contributed by atoms with Crippen LogP contribution in [0.3, 0.4) is 0 Å². The number of nitrogens with zero attached hydrogens (tertiary/aromatic N) is 1. The number of anilines is 1. The Morgan fingerprint density at radius 2 is 1.74 bits per heavy atom. The maximum atomic E-state index is 12.4. The monoisotopic (exact) mass is 375 g/mol. The van der Waals surface area contributed by atoms with Gasteiger partial charge in [-0.05, 0) is 18.6 Å². The molecule has 27 heavy (non-hydrogen) atoms. The number of carbonyl (C=O) groups excluding carboxylic acids is 2. The molecule has 8 nitrogen and oxygen atoms in total. The van der Waals surface area contributed by atoms with E-state index in [-0.39, 0.29) is 23.7 Å². The van der Waals surface area contributed by atoms with E-state index in [1.54, 1.807) is 18.2 Å². The van der Waals surface area contributed by atoms with Gasteiger partial charge in [-0.25, -0.2) is 0 Å². The zero-order valence-corrected chi connectivity index (χ0v) is 15.2. The molecule has 1 aliphatic carbocycles. The number of nitrogens with one attached hydrogen (secondary N) is 2. The van der Waals surface area contributed by atoms with Crippen molar-refractivity contribution < 1.29 is 23.8 Å². The van der Waals surface area contributed by atoms with Crippen molar-refractivity contribution in [3.05, 3.63) is 18.2 Å². The highest BCUT2D eigenvalue weighted by atomic mass is 16.6. The third-order valence-corrected chi connectivity index (χ3v) is 5.10. The van der Waals surface area contributed by atoms with Gasteiger partial charge in [-0.15, -0.1) is 0 Å². The molecule has 1 saturated heterocycles. The highest BCUT2D eigenvalue weighted by Gasteiger charge is 2.47. The molecule has 8 heteroatoms. The number of benzene rings is 1. The van der Waals surface area contributed by atoms with Crippen LogP contribution < -0.4 is 20.1 Å². The Kier molecular flexibility index (Phi) is 5.45. The van der Waals surface area contributed by atoms with Crippen LogP contribution in [0.25, 0.3) is 0 Å². The summed E-state index contributed by atoms with van der Waals surface area (Å²) in [6.45, 7) is 5.75. The first kappa shape index (κ1) is 18.1. The van der Waals surface area contributed by atoms with Crippen molar-refractivity contribution in [1.29, 1.82) is 0 Å². The van der Waals surface area contributed by atoms with Crippen LogP contribution in [0.2, 0.25) is 0 Å². The second kappa shape index (κ2) is 8.14. The van der Waals surface area contributed by atoms with Crippen molar-refractivity contribution in [3.8, 4) is 11.5 Å². The average Bonchev–Trinajstić information content (AvgIpc) is 3.50. The number of morpholine rings is 1. The SMILES string of the molecule is O=C(NCCN1CCOCC1)C1CC1C(=O)Nc1ccc2c(c1)OCCO2. The molecule has 1 saturated carbocycles. The lowest BCUT2D eigenvalue weighted by molar-refractivity contribution is -0.125. The number of fused-ring (bicyclic) bond motifs is 1. The molecule has 1 aromatic carbocycles. The Morgan fingerprint density at radius 1 is 1.00 bits per heavy atom. The third kappa shape index (κ3) is 4.51. The largest absolute Gasteiger partial charge is 0.486 e. The van der Waals surface area contributed by atoms with Crippen molar-refractivity contribution in [1.82, 2.24) is 10.2 Å². The molecule has 2 atom stereocenters. The smallest absolute Gasteiger partial charge is 0.228 e. The van der Waals surface area contributed by atoms with E-state index in [1.165, 1.54) is 0 Å². The number of rotatable bonds is 6. The highest BCUT2D eigenvalue weighted by molar-refractivity contribution is 5.99. The lowest BCUT2D eigenvalue weighted by atomic mass is 10.2. The van der Waals surface area contributed by atoms with Crippen LogP contribution >= 0.6 is 0 Å². The number of hydrogen-bond donors (Lipinski definition) is 2. The molecule has 0 spiro atoms. The van der Waals surface area contributed by atoms with E-state index in [1.807, 2.05) is 0 Å². The van der Waals surface area contributed by atoms with Gasteiger partial charge in [0.25, 0.3) is 0 Å². The molecule has 0 aromatic heterocycles. The van der Waals surface area contributed by atoms with E-state index in [2.05, 4.69) is 15.5 Å². The Hall–Kier alpha value is -2.32. The van der Waals surface area contributed by atoms with Gasteiger partial charge >= 0.3 is 0 Å². The average molecular weight is 375 g/mol. The summed E-state index contributed by atoms with van der Waals surface area (Å²) in [5, 5.41) is 5.81. The van der Waals surface area contributed by atoms with E-state index in [4.69, 9.17) is 14.2 Å². The number of ether oxygens (including phenoxy) is 3. The van der Waals surface area contributed by atoms with Crippen molar-refractivity contribution in [2.24, 2.45) is 11.8 Å². The van der Waals surface area contributed by atoms with E-state index in [0.717, 1.165) is 32.8 Å². The van der Waals surface area contributed by atoms with Gasteiger partial charge in [0.15, 0.2) is 11.5 Å². The Bertz CT molecular complexity index is 705. The Morgan fingerprint density at radius 3 is 2.56 bits per heavy atom. The molecular formula is C19H25N3O5. The number of amides is 2. The van der Waals surface area contributed by atoms with Gasteiger partial charge in [0, 0.05) is 37.9 Å². The van der Waals surface area contributed by atoms with E-state index >= 15 is 0 Å². The summed E-state index contributed by atoms with van der Waals surface area (Å²) in [7, 11) is 0. The van der Waals surface area contributed by atoms with Crippen LogP contribution in [-0.2, 0) is 14.3 Å². The fourth-order valence-electron chi connectivity index (χ4n) is 3.42. The zero-order chi connectivity index (χ0) is 18.6. The molecule has 2 unspecified atom stereocenters. The van der Waals surface area contributed by atoms with Gasteiger partial charge in [-0.2, -0.15) is 0 Å². The quantitative estimate of drug-likeness (QED) is 0.752. The fourth-order valence-corrected chi connectivity index (χ4v) is 3.42. The third-order valence-electron chi connectivity index (χ3n) is 5.10. The molecule has 2 amide bonds. The normalized spacial score (nSPS) is 24.1. The summed E-state index contributed by atoms with van der Waals surface area (Å²) < 4.78 is 16.3. The van der Waals surface area contributed by atoms with Crippen molar-refractivity contribution in [2.45, 2.75) is 6.42 Å². The van der Waals surface area contributed by atoms with E-state index in [9.17, 15) is 9.59 Å². The minimum atomic E-state index is -0.262. The standard InChI is InChI=1S/C19H25N3O5/c23-18(20-3-4-22-5-7-25-8-6-22)14-12-15(14)19(24)21-13-1-2-16-17(11-13)27-10-9-26-16/h1-2,11,14-15H,3-10,12H2,(H,20,23)(H,21,24). The summed E-state index contributed by atoms with van der Waals surface area (Å²) in [6, 6.07) is 5.32. The molecule has 2 fully saturated rings. The zero-order valence-electron chi connectivity index (χ0n) is 15.2. The van der Waals surface area contributed by atoms with Crippen LogP contribution in [0.5, 0.6) is 11.5 Å². The highest BCUT2D eigenvalue weighted by Crippen LogP contribution is 2.40. The lowest BCUT2D eigenvalue weighted by Crippen LogP contribution is -2.41. The molecule has 0 radical (unpaired) electrons. The minimum Gasteiger partial charge on any atom is -0.486 e. The van der Waals surface area contributed by atoms with Gasteiger partial charge in [0.1, 0.15) is 13.2 Å². The summed E-state index contributed by atoms with van der Waals surface area (Å²) in [6.07, 6.45) is 0.597. The molecular weight excluding hydrogens is 350 g/mol. The molecule has 2 aliphatic heterocycles. The van der Waals surface area contributed by atoms with E-state index < -0.39 is 0 Å². The Balaban J connectivity index is 1.21. The summed E-state index contributed by atoms with van der Waals surface area (Å²) in [4.78, 5) is 26.9. The van der Waals surface area contributed by atoms with Gasteiger partial charge < -0.3 is 24.8 Å².